The predicted molar refractivity (Wildman–Crippen MR) is 66.0 cm³/mol. The fourth-order valence-electron chi connectivity index (χ4n) is 1.89. The van der Waals surface area contributed by atoms with Crippen molar-refractivity contribution >= 4 is 17.7 Å². The number of morpholine rings is 1. The summed E-state index contributed by atoms with van der Waals surface area (Å²) in [5.41, 5.74) is 0. The van der Waals surface area contributed by atoms with Crippen LogP contribution in [0.2, 0.25) is 0 Å². The number of carboxylic acids is 1. The highest BCUT2D eigenvalue weighted by molar-refractivity contribution is 7.99. The summed E-state index contributed by atoms with van der Waals surface area (Å²) < 4.78 is 5.33. The van der Waals surface area contributed by atoms with Crippen LogP contribution in [0.5, 0.6) is 0 Å². The van der Waals surface area contributed by atoms with Gasteiger partial charge in [-0.1, -0.05) is 6.92 Å². The molecule has 0 radical (unpaired) electrons. The number of carboxylic acid groups (broad SMARTS) is 1. The van der Waals surface area contributed by atoms with Crippen molar-refractivity contribution in [1.82, 2.24) is 4.90 Å². The summed E-state index contributed by atoms with van der Waals surface area (Å²) >= 11 is 1.94. The monoisotopic (exact) mass is 247 g/mol. The third-order valence-corrected chi connectivity index (χ3v) is 3.68. The van der Waals surface area contributed by atoms with Gasteiger partial charge in [-0.25, -0.2) is 0 Å². The lowest BCUT2D eigenvalue weighted by Gasteiger charge is -2.34. The summed E-state index contributed by atoms with van der Waals surface area (Å²) in [6.07, 6.45) is 1.33. The molecular weight excluding hydrogens is 226 g/mol. The second-order valence-corrected chi connectivity index (χ2v) is 5.31. The maximum absolute atomic E-state index is 10.7. The molecule has 1 rings (SSSR count). The molecule has 1 atom stereocenters. The van der Waals surface area contributed by atoms with Gasteiger partial charge in [-0.05, 0) is 24.5 Å². The Morgan fingerprint density at radius 3 is 3.12 bits per heavy atom. The van der Waals surface area contributed by atoms with Gasteiger partial charge < -0.3 is 9.84 Å². The van der Waals surface area contributed by atoms with E-state index in [1.54, 1.807) is 0 Å². The minimum Gasteiger partial charge on any atom is -0.481 e. The maximum atomic E-state index is 10.7. The Labute approximate surface area is 101 Å². The van der Waals surface area contributed by atoms with Crippen LogP contribution in [-0.2, 0) is 9.53 Å². The molecule has 1 unspecified atom stereocenters. The zero-order valence-electron chi connectivity index (χ0n) is 9.85. The predicted octanol–water partition coefficient (Wildman–Crippen LogP) is 1.31. The molecule has 16 heavy (non-hydrogen) atoms. The average Bonchev–Trinajstić information content (AvgIpc) is 2.26. The Hall–Kier alpha value is -0.260. The van der Waals surface area contributed by atoms with Crippen LogP contribution in [0.3, 0.4) is 0 Å². The molecule has 94 valence electrons. The molecule has 1 N–H and O–H groups in total. The Bertz CT molecular complexity index is 213. The Balaban J connectivity index is 2.26. The van der Waals surface area contributed by atoms with Gasteiger partial charge in [0.1, 0.15) is 0 Å². The zero-order chi connectivity index (χ0) is 11.8. The van der Waals surface area contributed by atoms with Crippen molar-refractivity contribution in [3.8, 4) is 0 Å². The highest BCUT2D eigenvalue weighted by atomic mass is 32.2. The van der Waals surface area contributed by atoms with E-state index in [1.165, 1.54) is 0 Å². The number of nitrogens with zero attached hydrogens (tertiary/aromatic N) is 1. The lowest BCUT2D eigenvalue weighted by Crippen LogP contribution is -2.46. The molecule has 4 nitrogen and oxygen atoms in total. The molecule has 5 heteroatoms. The lowest BCUT2D eigenvalue weighted by atomic mass is 10.1. The fourth-order valence-corrected chi connectivity index (χ4v) is 2.51. The van der Waals surface area contributed by atoms with Gasteiger partial charge in [0.05, 0.1) is 19.6 Å². The van der Waals surface area contributed by atoms with Crippen molar-refractivity contribution in [1.29, 1.82) is 0 Å². The Kier molecular flexibility index (Phi) is 6.84. The highest BCUT2D eigenvalue weighted by Crippen LogP contribution is 2.12. The van der Waals surface area contributed by atoms with Crippen LogP contribution in [0.1, 0.15) is 19.8 Å². The van der Waals surface area contributed by atoms with E-state index < -0.39 is 5.97 Å². The van der Waals surface area contributed by atoms with Gasteiger partial charge in [0.25, 0.3) is 0 Å². The molecule has 1 aliphatic rings. The summed E-state index contributed by atoms with van der Waals surface area (Å²) in [5, 5.41) is 8.81. The number of rotatable bonds is 7. The van der Waals surface area contributed by atoms with Crippen molar-refractivity contribution in [2.75, 3.05) is 37.8 Å². The van der Waals surface area contributed by atoms with E-state index in [2.05, 4.69) is 11.8 Å². The van der Waals surface area contributed by atoms with Gasteiger partial charge in [-0.3, -0.25) is 9.69 Å². The molecule has 0 spiro atoms. The minimum absolute atomic E-state index is 0.0675. The van der Waals surface area contributed by atoms with E-state index in [0.29, 0.717) is 6.61 Å². The number of aliphatic carboxylic acids is 1. The van der Waals surface area contributed by atoms with E-state index in [9.17, 15) is 4.79 Å². The molecule has 0 bridgehead atoms. The van der Waals surface area contributed by atoms with Crippen LogP contribution in [0.4, 0.5) is 0 Å². The first-order valence-electron chi connectivity index (χ1n) is 5.85. The van der Waals surface area contributed by atoms with E-state index in [-0.39, 0.29) is 12.5 Å². The van der Waals surface area contributed by atoms with Gasteiger partial charge in [0.2, 0.25) is 0 Å². The molecule has 1 heterocycles. The number of carbonyl (C=O) groups is 1. The van der Waals surface area contributed by atoms with Crippen LogP contribution in [0.25, 0.3) is 0 Å². The van der Waals surface area contributed by atoms with Gasteiger partial charge in [-0.2, -0.15) is 11.8 Å². The van der Waals surface area contributed by atoms with Crippen molar-refractivity contribution in [3.05, 3.63) is 0 Å². The quantitative estimate of drug-likeness (QED) is 0.687. The van der Waals surface area contributed by atoms with Crippen LogP contribution >= 0.6 is 11.8 Å². The van der Waals surface area contributed by atoms with Crippen molar-refractivity contribution in [2.45, 2.75) is 25.8 Å². The minimum atomic E-state index is -0.733. The third-order valence-electron chi connectivity index (χ3n) is 2.70. The summed E-state index contributed by atoms with van der Waals surface area (Å²) in [4.78, 5) is 13.0. The molecule has 0 aromatic heterocycles. The number of ether oxygens (including phenoxy) is 1. The second-order valence-electron chi connectivity index (χ2n) is 3.91. The standard InChI is InChI=1S/C11H21NO3S/c1-2-16-7-3-4-12-5-6-15-9-10(12)8-11(13)14/h10H,2-9H2,1H3,(H,13,14). The molecular formula is C11H21NO3S. The van der Waals surface area contributed by atoms with Crippen LogP contribution in [0.15, 0.2) is 0 Å². The average molecular weight is 247 g/mol. The van der Waals surface area contributed by atoms with Crippen LogP contribution < -0.4 is 0 Å². The summed E-state index contributed by atoms with van der Waals surface area (Å²) in [6.45, 7) is 5.32. The fraction of sp³-hybridized carbons (Fsp3) is 0.909. The van der Waals surface area contributed by atoms with Gasteiger partial charge in [0, 0.05) is 12.6 Å². The Morgan fingerprint density at radius 2 is 2.44 bits per heavy atom. The molecule has 0 aromatic carbocycles. The van der Waals surface area contributed by atoms with Gasteiger partial charge in [-0.15, -0.1) is 0 Å². The smallest absolute Gasteiger partial charge is 0.305 e. The van der Waals surface area contributed by atoms with Crippen molar-refractivity contribution in [2.24, 2.45) is 0 Å². The molecule has 0 aliphatic carbocycles. The van der Waals surface area contributed by atoms with Crippen LogP contribution in [0, 0.1) is 0 Å². The van der Waals surface area contributed by atoms with Crippen LogP contribution in [-0.4, -0.2) is 59.8 Å². The first kappa shape index (κ1) is 13.8. The second kappa shape index (κ2) is 7.92. The molecule has 0 saturated carbocycles. The molecule has 1 fully saturated rings. The SMILES string of the molecule is CCSCCCN1CCOCC1CC(=O)O. The first-order valence-corrected chi connectivity index (χ1v) is 7.00. The van der Waals surface area contributed by atoms with Gasteiger partial charge in [0.15, 0.2) is 0 Å². The molecule has 0 aromatic rings. The summed E-state index contributed by atoms with van der Waals surface area (Å²) in [6, 6.07) is 0.0675. The normalized spacial score (nSPS) is 22.2. The third kappa shape index (κ3) is 5.18. The van der Waals surface area contributed by atoms with Crippen molar-refractivity contribution in [3.63, 3.8) is 0 Å². The summed E-state index contributed by atoms with van der Waals surface area (Å²) in [7, 11) is 0. The number of thioether (sulfide) groups is 1. The first-order chi connectivity index (χ1) is 7.74. The molecule has 1 aliphatic heterocycles. The highest BCUT2D eigenvalue weighted by Gasteiger charge is 2.24. The Morgan fingerprint density at radius 1 is 1.62 bits per heavy atom. The molecule has 0 amide bonds. The maximum Gasteiger partial charge on any atom is 0.305 e. The summed E-state index contributed by atoms with van der Waals surface area (Å²) in [5.74, 6) is 1.58. The number of hydrogen-bond donors (Lipinski definition) is 1. The zero-order valence-corrected chi connectivity index (χ0v) is 10.7. The van der Waals surface area contributed by atoms with Crippen molar-refractivity contribution < 1.29 is 14.6 Å². The van der Waals surface area contributed by atoms with E-state index in [0.717, 1.165) is 37.6 Å². The molecule has 1 saturated heterocycles. The number of hydrogen-bond acceptors (Lipinski definition) is 4. The van der Waals surface area contributed by atoms with Gasteiger partial charge >= 0.3 is 5.97 Å². The lowest BCUT2D eigenvalue weighted by molar-refractivity contribution is -0.140. The topological polar surface area (TPSA) is 49.8 Å². The van der Waals surface area contributed by atoms with E-state index in [1.807, 2.05) is 11.8 Å². The van der Waals surface area contributed by atoms with E-state index in [4.69, 9.17) is 9.84 Å². The largest absolute Gasteiger partial charge is 0.481 e. The van der Waals surface area contributed by atoms with E-state index >= 15 is 0 Å².